The van der Waals surface area contributed by atoms with E-state index < -0.39 is 0 Å². The Bertz CT molecular complexity index is 847. The van der Waals surface area contributed by atoms with Gasteiger partial charge in [-0.15, -0.1) is 5.10 Å². The molecule has 25 heavy (non-hydrogen) atoms. The highest BCUT2D eigenvalue weighted by Crippen LogP contribution is 2.19. The second-order valence-corrected chi connectivity index (χ2v) is 5.27. The first-order chi connectivity index (χ1) is 12.2. The van der Waals surface area contributed by atoms with Crippen LogP contribution in [-0.2, 0) is 4.79 Å². The molecule has 1 aromatic heterocycles. The van der Waals surface area contributed by atoms with E-state index in [1.165, 1.54) is 6.33 Å². The highest BCUT2D eigenvalue weighted by molar-refractivity contribution is 5.92. The lowest BCUT2D eigenvalue weighted by Gasteiger charge is -2.10. The Kier molecular flexibility index (Phi) is 4.89. The van der Waals surface area contributed by atoms with E-state index in [9.17, 15) is 4.79 Å². The molecule has 0 unspecified atom stereocenters. The third-order valence-corrected chi connectivity index (χ3v) is 3.51. The second kappa shape index (κ2) is 7.43. The number of rotatable bonds is 6. The van der Waals surface area contributed by atoms with E-state index in [0.717, 1.165) is 17.0 Å². The van der Waals surface area contributed by atoms with Gasteiger partial charge in [0.25, 0.3) is 5.91 Å². The van der Waals surface area contributed by atoms with Gasteiger partial charge in [-0.25, -0.2) is 4.68 Å². The third-order valence-electron chi connectivity index (χ3n) is 3.51. The number of nitrogens with one attached hydrogen (secondary N) is 1. The zero-order valence-electron chi connectivity index (χ0n) is 13.8. The molecule has 8 nitrogen and oxygen atoms in total. The number of nitrogens with zero attached hydrogens (tertiary/aromatic N) is 4. The number of aryl methyl sites for hydroxylation is 1. The van der Waals surface area contributed by atoms with Gasteiger partial charge in [-0.1, -0.05) is 0 Å². The Morgan fingerprint density at radius 1 is 1.16 bits per heavy atom. The SMILES string of the molecule is COc1ccc(OCC(=O)Nc2ccc(-n3cnnn3)c(C)c2)cc1. The van der Waals surface area contributed by atoms with Gasteiger partial charge in [-0.2, -0.15) is 0 Å². The molecule has 0 spiro atoms. The maximum absolute atomic E-state index is 12.0. The predicted octanol–water partition coefficient (Wildman–Crippen LogP) is 2.00. The fourth-order valence-corrected chi connectivity index (χ4v) is 2.28. The lowest BCUT2D eigenvalue weighted by atomic mass is 10.2. The molecule has 2 aromatic carbocycles. The minimum Gasteiger partial charge on any atom is -0.497 e. The number of anilines is 1. The van der Waals surface area contributed by atoms with Gasteiger partial charge in [0.15, 0.2) is 6.61 Å². The molecule has 0 aliphatic carbocycles. The molecule has 1 amide bonds. The fraction of sp³-hybridized carbons (Fsp3) is 0.176. The maximum Gasteiger partial charge on any atom is 0.262 e. The number of aromatic nitrogens is 4. The van der Waals surface area contributed by atoms with Crippen molar-refractivity contribution in [3.8, 4) is 17.2 Å². The summed E-state index contributed by atoms with van der Waals surface area (Å²) in [5, 5.41) is 13.9. The molecular weight excluding hydrogens is 322 g/mol. The van der Waals surface area contributed by atoms with Crippen molar-refractivity contribution in [2.24, 2.45) is 0 Å². The number of carbonyl (C=O) groups is 1. The molecule has 8 heteroatoms. The normalized spacial score (nSPS) is 10.3. The van der Waals surface area contributed by atoms with Crippen LogP contribution in [0.25, 0.3) is 5.69 Å². The van der Waals surface area contributed by atoms with E-state index in [2.05, 4.69) is 20.8 Å². The zero-order valence-corrected chi connectivity index (χ0v) is 13.8. The Labute approximate surface area is 144 Å². The van der Waals surface area contributed by atoms with Crippen LogP contribution in [-0.4, -0.2) is 39.8 Å². The largest absolute Gasteiger partial charge is 0.497 e. The number of hydrogen-bond acceptors (Lipinski definition) is 6. The molecule has 1 heterocycles. The molecule has 128 valence electrons. The van der Waals surface area contributed by atoms with Gasteiger partial charge in [0.2, 0.25) is 0 Å². The quantitative estimate of drug-likeness (QED) is 0.738. The van der Waals surface area contributed by atoms with Gasteiger partial charge in [-0.05, 0) is 65.4 Å². The van der Waals surface area contributed by atoms with Gasteiger partial charge < -0.3 is 14.8 Å². The number of carbonyl (C=O) groups excluding carboxylic acids is 1. The molecule has 3 rings (SSSR count). The van der Waals surface area contributed by atoms with Crippen molar-refractivity contribution in [2.45, 2.75) is 6.92 Å². The predicted molar refractivity (Wildman–Crippen MR) is 91.0 cm³/mol. The van der Waals surface area contributed by atoms with Crippen molar-refractivity contribution in [1.82, 2.24) is 20.2 Å². The lowest BCUT2D eigenvalue weighted by Crippen LogP contribution is -2.20. The topological polar surface area (TPSA) is 91.2 Å². The summed E-state index contributed by atoms with van der Waals surface area (Å²) < 4.78 is 12.1. The van der Waals surface area contributed by atoms with Crippen LogP contribution in [0.5, 0.6) is 11.5 Å². The summed E-state index contributed by atoms with van der Waals surface area (Å²) in [5.74, 6) is 1.08. The molecule has 0 saturated heterocycles. The summed E-state index contributed by atoms with van der Waals surface area (Å²) in [6.07, 6.45) is 1.52. The van der Waals surface area contributed by atoms with Crippen LogP contribution in [0.4, 0.5) is 5.69 Å². The summed E-state index contributed by atoms with van der Waals surface area (Å²) in [7, 11) is 1.59. The van der Waals surface area contributed by atoms with E-state index in [-0.39, 0.29) is 12.5 Å². The monoisotopic (exact) mass is 339 g/mol. The maximum atomic E-state index is 12.0. The minimum atomic E-state index is -0.245. The number of methoxy groups -OCH3 is 1. The van der Waals surface area contributed by atoms with Crippen molar-refractivity contribution in [2.75, 3.05) is 19.0 Å². The smallest absolute Gasteiger partial charge is 0.262 e. The molecule has 0 aliphatic heterocycles. The summed E-state index contributed by atoms with van der Waals surface area (Å²) in [6, 6.07) is 12.5. The summed E-state index contributed by atoms with van der Waals surface area (Å²) in [4.78, 5) is 12.0. The van der Waals surface area contributed by atoms with Crippen LogP contribution < -0.4 is 14.8 Å². The van der Waals surface area contributed by atoms with Gasteiger partial charge in [0.05, 0.1) is 12.8 Å². The average Bonchev–Trinajstić information content (AvgIpc) is 3.15. The Balaban J connectivity index is 1.58. The van der Waals surface area contributed by atoms with Crippen LogP contribution in [0.1, 0.15) is 5.56 Å². The van der Waals surface area contributed by atoms with E-state index in [1.54, 1.807) is 42.1 Å². The van der Waals surface area contributed by atoms with Gasteiger partial charge in [-0.3, -0.25) is 4.79 Å². The van der Waals surface area contributed by atoms with Crippen LogP contribution >= 0.6 is 0 Å². The molecule has 0 atom stereocenters. The zero-order chi connectivity index (χ0) is 17.6. The number of benzene rings is 2. The molecular formula is C17H17N5O3. The molecule has 1 N–H and O–H groups in total. The molecule has 0 fully saturated rings. The van der Waals surface area contributed by atoms with Crippen LogP contribution in [0.15, 0.2) is 48.8 Å². The van der Waals surface area contributed by atoms with Crippen molar-refractivity contribution in [3.63, 3.8) is 0 Å². The molecule has 0 aliphatic rings. The molecule has 0 radical (unpaired) electrons. The van der Waals surface area contributed by atoms with Crippen molar-refractivity contribution in [3.05, 3.63) is 54.4 Å². The standard InChI is InChI=1S/C17H17N5O3/c1-12-9-13(3-8-16(12)22-11-18-20-21-22)19-17(23)10-25-15-6-4-14(24-2)5-7-15/h3-9,11H,10H2,1-2H3,(H,19,23). The number of ether oxygens (including phenoxy) is 2. The van der Waals surface area contributed by atoms with Gasteiger partial charge in [0.1, 0.15) is 17.8 Å². The number of tetrazole rings is 1. The summed E-state index contributed by atoms with van der Waals surface area (Å²) >= 11 is 0. The van der Waals surface area contributed by atoms with E-state index in [0.29, 0.717) is 11.4 Å². The van der Waals surface area contributed by atoms with Crippen molar-refractivity contribution < 1.29 is 14.3 Å². The second-order valence-electron chi connectivity index (χ2n) is 5.27. The summed E-state index contributed by atoms with van der Waals surface area (Å²) in [6.45, 7) is 1.83. The fourth-order valence-electron chi connectivity index (χ4n) is 2.28. The summed E-state index contributed by atoms with van der Waals surface area (Å²) in [5.41, 5.74) is 2.45. The van der Waals surface area contributed by atoms with Gasteiger partial charge in [0, 0.05) is 5.69 Å². The molecule has 3 aromatic rings. The first-order valence-corrected chi connectivity index (χ1v) is 7.56. The van der Waals surface area contributed by atoms with Crippen molar-refractivity contribution >= 4 is 11.6 Å². The minimum absolute atomic E-state index is 0.0832. The first-order valence-electron chi connectivity index (χ1n) is 7.56. The first kappa shape index (κ1) is 16.4. The number of amides is 1. The van der Waals surface area contributed by atoms with E-state index in [1.807, 2.05) is 19.1 Å². The van der Waals surface area contributed by atoms with Crippen LogP contribution in [0.3, 0.4) is 0 Å². The van der Waals surface area contributed by atoms with E-state index in [4.69, 9.17) is 9.47 Å². The van der Waals surface area contributed by atoms with E-state index >= 15 is 0 Å². The van der Waals surface area contributed by atoms with Crippen LogP contribution in [0, 0.1) is 6.92 Å². The average molecular weight is 339 g/mol. The number of hydrogen-bond donors (Lipinski definition) is 1. The third kappa shape index (κ3) is 4.11. The van der Waals surface area contributed by atoms with Crippen molar-refractivity contribution in [1.29, 1.82) is 0 Å². The molecule has 0 bridgehead atoms. The van der Waals surface area contributed by atoms with Crippen LogP contribution in [0.2, 0.25) is 0 Å². The molecule has 0 saturated carbocycles. The Morgan fingerprint density at radius 3 is 2.56 bits per heavy atom. The highest BCUT2D eigenvalue weighted by Gasteiger charge is 2.07. The highest BCUT2D eigenvalue weighted by atomic mass is 16.5. The Morgan fingerprint density at radius 2 is 1.92 bits per heavy atom. The van der Waals surface area contributed by atoms with Gasteiger partial charge >= 0.3 is 0 Å². The Hall–Kier alpha value is -3.42. The lowest BCUT2D eigenvalue weighted by molar-refractivity contribution is -0.118.